The van der Waals surface area contributed by atoms with Gasteiger partial charge in [-0.05, 0) is 25.1 Å². The molecule has 15 heavy (non-hydrogen) atoms. The molecule has 0 heterocycles. The molecule has 0 aromatic heterocycles. The molecule has 3 N–H and O–H groups in total. The second-order valence-corrected chi connectivity index (χ2v) is 3.66. The maximum atomic E-state index is 11.5. The average molecular weight is 230 g/mol. The monoisotopic (exact) mass is 229 g/mol. The first kappa shape index (κ1) is 11.8. The summed E-state index contributed by atoms with van der Waals surface area (Å²) in [4.78, 5) is 11.5. The van der Waals surface area contributed by atoms with E-state index in [4.69, 9.17) is 16.7 Å². The number of phenols is 1. The molecular formula is C10H12ClNO3. The Morgan fingerprint density at radius 2 is 2.27 bits per heavy atom. The summed E-state index contributed by atoms with van der Waals surface area (Å²) in [6.45, 7) is 1.70. The summed E-state index contributed by atoms with van der Waals surface area (Å²) >= 11 is 5.62. The van der Waals surface area contributed by atoms with Crippen molar-refractivity contribution in [1.82, 2.24) is 5.32 Å². The van der Waals surface area contributed by atoms with Crippen LogP contribution in [0.2, 0.25) is 5.02 Å². The van der Waals surface area contributed by atoms with Gasteiger partial charge in [0.2, 0.25) is 0 Å². The highest BCUT2D eigenvalue weighted by Crippen LogP contribution is 2.21. The van der Waals surface area contributed by atoms with Crippen LogP contribution in [0.25, 0.3) is 0 Å². The highest BCUT2D eigenvalue weighted by molar-refractivity contribution is 6.30. The Hall–Kier alpha value is -1.26. The molecule has 0 spiro atoms. The standard InChI is InChI=1S/C10H12ClNO3/c1-6(13)5-12-10(15)8-3-2-7(11)4-9(8)14/h2-4,6,13-14H,5H2,1H3,(H,12,15)/t6-/m1/s1. The topological polar surface area (TPSA) is 69.6 Å². The van der Waals surface area contributed by atoms with Crippen molar-refractivity contribution in [2.45, 2.75) is 13.0 Å². The molecule has 0 radical (unpaired) electrons. The molecule has 4 nitrogen and oxygen atoms in total. The van der Waals surface area contributed by atoms with E-state index in [1.807, 2.05) is 0 Å². The Morgan fingerprint density at radius 1 is 1.60 bits per heavy atom. The smallest absolute Gasteiger partial charge is 0.255 e. The lowest BCUT2D eigenvalue weighted by atomic mass is 10.2. The first-order valence-electron chi connectivity index (χ1n) is 4.45. The molecule has 0 aliphatic carbocycles. The molecule has 1 rings (SSSR count). The lowest BCUT2D eigenvalue weighted by Gasteiger charge is -2.08. The quantitative estimate of drug-likeness (QED) is 0.729. The van der Waals surface area contributed by atoms with E-state index < -0.39 is 12.0 Å². The third kappa shape index (κ3) is 3.42. The van der Waals surface area contributed by atoms with Crippen molar-refractivity contribution in [2.24, 2.45) is 0 Å². The van der Waals surface area contributed by atoms with Crippen molar-refractivity contribution in [3.63, 3.8) is 0 Å². The lowest BCUT2D eigenvalue weighted by molar-refractivity contribution is 0.0921. The summed E-state index contributed by atoms with van der Waals surface area (Å²) in [6, 6.07) is 4.23. The number of hydrogen-bond acceptors (Lipinski definition) is 3. The van der Waals surface area contributed by atoms with E-state index in [1.54, 1.807) is 6.92 Å². The number of rotatable bonds is 3. The van der Waals surface area contributed by atoms with Crippen LogP contribution in [0.3, 0.4) is 0 Å². The number of benzene rings is 1. The van der Waals surface area contributed by atoms with Gasteiger partial charge < -0.3 is 15.5 Å². The van der Waals surface area contributed by atoms with Gasteiger partial charge in [-0.3, -0.25) is 4.79 Å². The number of hydrogen-bond donors (Lipinski definition) is 3. The maximum absolute atomic E-state index is 11.5. The molecule has 1 aromatic carbocycles. The lowest BCUT2D eigenvalue weighted by Crippen LogP contribution is -2.30. The van der Waals surface area contributed by atoms with Gasteiger partial charge >= 0.3 is 0 Å². The molecule has 0 bridgehead atoms. The Morgan fingerprint density at radius 3 is 2.80 bits per heavy atom. The van der Waals surface area contributed by atoms with Gasteiger partial charge in [0.25, 0.3) is 5.91 Å². The SMILES string of the molecule is C[C@@H](O)CNC(=O)c1ccc(Cl)cc1O. The summed E-state index contributed by atoms with van der Waals surface area (Å²) in [7, 11) is 0. The number of phenolic OH excluding ortho intramolecular Hbond substituents is 1. The van der Waals surface area contributed by atoms with Crippen LogP contribution in [0.5, 0.6) is 5.75 Å². The number of aliphatic hydroxyl groups is 1. The zero-order chi connectivity index (χ0) is 11.4. The highest BCUT2D eigenvalue weighted by Gasteiger charge is 2.11. The minimum Gasteiger partial charge on any atom is -0.507 e. The molecule has 0 saturated carbocycles. The molecule has 0 aliphatic rings. The van der Waals surface area contributed by atoms with E-state index in [1.165, 1.54) is 18.2 Å². The largest absolute Gasteiger partial charge is 0.507 e. The van der Waals surface area contributed by atoms with Crippen LogP contribution in [0.1, 0.15) is 17.3 Å². The van der Waals surface area contributed by atoms with Crippen molar-refractivity contribution in [3.05, 3.63) is 28.8 Å². The van der Waals surface area contributed by atoms with Gasteiger partial charge in [0.05, 0.1) is 11.7 Å². The zero-order valence-electron chi connectivity index (χ0n) is 8.20. The predicted molar refractivity (Wildman–Crippen MR) is 57.1 cm³/mol. The summed E-state index contributed by atoms with van der Waals surface area (Å²) in [5, 5.41) is 21.2. The summed E-state index contributed by atoms with van der Waals surface area (Å²) in [5.41, 5.74) is 0.139. The maximum Gasteiger partial charge on any atom is 0.255 e. The third-order valence-electron chi connectivity index (χ3n) is 1.76. The van der Waals surface area contributed by atoms with E-state index in [0.29, 0.717) is 5.02 Å². The van der Waals surface area contributed by atoms with Gasteiger partial charge in [-0.2, -0.15) is 0 Å². The average Bonchev–Trinajstić information content (AvgIpc) is 2.14. The van der Waals surface area contributed by atoms with Crippen molar-refractivity contribution in [3.8, 4) is 5.75 Å². The highest BCUT2D eigenvalue weighted by atomic mass is 35.5. The number of carbonyl (C=O) groups is 1. The molecule has 0 fully saturated rings. The third-order valence-corrected chi connectivity index (χ3v) is 2.00. The van der Waals surface area contributed by atoms with Crippen LogP contribution >= 0.6 is 11.6 Å². The van der Waals surface area contributed by atoms with Gasteiger partial charge in [0.1, 0.15) is 5.75 Å². The minimum absolute atomic E-state index is 0.139. The molecule has 82 valence electrons. The molecule has 0 saturated heterocycles. The van der Waals surface area contributed by atoms with Crippen LogP contribution in [0, 0.1) is 0 Å². The Labute approximate surface area is 92.5 Å². The molecule has 1 aromatic rings. The predicted octanol–water partition coefficient (Wildman–Crippen LogP) is 1.16. The fraction of sp³-hybridized carbons (Fsp3) is 0.300. The van der Waals surface area contributed by atoms with Gasteiger partial charge in [0, 0.05) is 11.6 Å². The van der Waals surface area contributed by atoms with Crippen molar-refractivity contribution >= 4 is 17.5 Å². The molecule has 1 atom stereocenters. The second-order valence-electron chi connectivity index (χ2n) is 3.22. The molecule has 5 heteroatoms. The molecule has 1 amide bonds. The number of nitrogens with one attached hydrogen (secondary N) is 1. The van der Waals surface area contributed by atoms with Crippen LogP contribution in [-0.2, 0) is 0 Å². The minimum atomic E-state index is -0.622. The first-order chi connectivity index (χ1) is 7.00. The van der Waals surface area contributed by atoms with Crippen LogP contribution in [0.15, 0.2) is 18.2 Å². The van der Waals surface area contributed by atoms with Gasteiger partial charge in [-0.1, -0.05) is 11.6 Å². The molecule has 0 aliphatic heterocycles. The van der Waals surface area contributed by atoms with E-state index in [-0.39, 0.29) is 17.9 Å². The fourth-order valence-electron chi connectivity index (χ4n) is 1.03. The number of aliphatic hydroxyl groups excluding tert-OH is 1. The molecular weight excluding hydrogens is 218 g/mol. The second kappa shape index (κ2) is 5.00. The van der Waals surface area contributed by atoms with Crippen molar-refractivity contribution < 1.29 is 15.0 Å². The van der Waals surface area contributed by atoms with E-state index >= 15 is 0 Å². The van der Waals surface area contributed by atoms with E-state index in [0.717, 1.165) is 0 Å². The van der Waals surface area contributed by atoms with Gasteiger partial charge in [-0.15, -0.1) is 0 Å². The first-order valence-corrected chi connectivity index (χ1v) is 4.83. The van der Waals surface area contributed by atoms with Crippen LogP contribution < -0.4 is 5.32 Å². The fourth-order valence-corrected chi connectivity index (χ4v) is 1.20. The van der Waals surface area contributed by atoms with Crippen molar-refractivity contribution in [2.75, 3.05) is 6.54 Å². The van der Waals surface area contributed by atoms with Gasteiger partial charge in [0.15, 0.2) is 0 Å². The van der Waals surface area contributed by atoms with E-state index in [9.17, 15) is 9.90 Å². The Balaban J connectivity index is 2.74. The normalized spacial score (nSPS) is 12.2. The van der Waals surface area contributed by atoms with Gasteiger partial charge in [-0.25, -0.2) is 0 Å². The van der Waals surface area contributed by atoms with Crippen LogP contribution in [0.4, 0.5) is 0 Å². The number of carbonyl (C=O) groups excluding carboxylic acids is 1. The number of aromatic hydroxyl groups is 1. The number of amides is 1. The summed E-state index contributed by atoms with van der Waals surface area (Å²) in [5.74, 6) is -0.615. The Kier molecular flexibility index (Phi) is 3.94. The summed E-state index contributed by atoms with van der Waals surface area (Å²) in [6.07, 6.45) is -0.622. The molecule has 0 unspecified atom stereocenters. The van der Waals surface area contributed by atoms with Crippen LogP contribution in [-0.4, -0.2) is 28.8 Å². The zero-order valence-corrected chi connectivity index (χ0v) is 8.95. The number of halogens is 1. The summed E-state index contributed by atoms with van der Waals surface area (Å²) < 4.78 is 0. The Bertz CT molecular complexity index is 366. The van der Waals surface area contributed by atoms with E-state index in [2.05, 4.69) is 5.32 Å². The van der Waals surface area contributed by atoms with Crippen molar-refractivity contribution in [1.29, 1.82) is 0 Å².